The largest absolute Gasteiger partial charge is 0.378 e. The molecule has 2 aromatic carbocycles. The van der Waals surface area contributed by atoms with Crippen LogP contribution in [-0.4, -0.2) is 42.6 Å². The highest BCUT2D eigenvalue weighted by Crippen LogP contribution is 2.23. The fraction of sp³-hybridized carbons (Fsp3) is 0.238. The van der Waals surface area contributed by atoms with E-state index in [4.69, 9.17) is 5.21 Å². The van der Waals surface area contributed by atoms with E-state index in [2.05, 4.69) is 0 Å². The molecule has 2 amide bonds. The van der Waals surface area contributed by atoms with Crippen molar-refractivity contribution in [3.05, 3.63) is 70.8 Å². The highest BCUT2D eigenvalue weighted by atomic mass is 16.5. The minimum Gasteiger partial charge on any atom is -0.378 e. The van der Waals surface area contributed by atoms with Crippen LogP contribution in [0.1, 0.15) is 27.0 Å². The third kappa shape index (κ3) is 4.35. The van der Waals surface area contributed by atoms with Gasteiger partial charge in [-0.2, -0.15) is 0 Å². The summed E-state index contributed by atoms with van der Waals surface area (Å²) < 4.78 is 0. The van der Waals surface area contributed by atoms with Crippen molar-refractivity contribution in [1.29, 1.82) is 0 Å². The van der Waals surface area contributed by atoms with Crippen molar-refractivity contribution in [1.82, 2.24) is 10.4 Å². The number of fused-ring (bicyclic) bond motifs is 1. The Bertz CT molecular complexity index is 873. The van der Waals surface area contributed by atoms with Crippen LogP contribution in [0.3, 0.4) is 0 Å². The lowest BCUT2D eigenvalue weighted by molar-refractivity contribution is -0.124. The number of anilines is 1. The van der Waals surface area contributed by atoms with E-state index in [1.54, 1.807) is 11.6 Å². The first-order valence-corrected chi connectivity index (χ1v) is 8.78. The van der Waals surface area contributed by atoms with Gasteiger partial charge in [0.05, 0.1) is 0 Å². The SMILES string of the molecule is CN(C)c1ccc(C(=O)N2CCc3ccc(C=CC(=O)NO)cc3C2)cc1. The van der Waals surface area contributed by atoms with Gasteiger partial charge in [-0.15, -0.1) is 0 Å². The zero-order chi connectivity index (χ0) is 19.4. The summed E-state index contributed by atoms with van der Waals surface area (Å²) in [6.07, 6.45) is 3.70. The molecule has 0 saturated carbocycles. The molecule has 3 rings (SSSR count). The molecule has 2 aromatic rings. The monoisotopic (exact) mass is 365 g/mol. The summed E-state index contributed by atoms with van der Waals surface area (Å²) in [6, 6.07) is 13.5. The van der Waals surface area contributed by atoms with Crippen LogP contribution in [0.15, 0.2) is 48.5 Å². The molecule has 1 aliphatic heterocycles. The van der Waals surface area contributed by atoms with E-state index in [-0.39, 0.29) is 5.91 Å². The van der Waals surface area contributed by atoms with Crippen LogP contribution in [0.5, 0.6) is 0 Å². The molecule has 0 unspecified atom stereocenters. The lowest BCUT2D eigenvalue weighted by Gasteiger charge is -2.29. The Hall–Kier alpha value is -3.12. The Morgan fingerprint density at radius 3 is 2.52 bits per heavy atom. The van der Waals surface area contributed by atoms with Gasteiger partial charge in [-0.1, -0.05) is 12.1 Å². The molecule has 0 aliphatic carbocycles. The molecule has 6 heteroatoms. The molecule has 2 N–H and O–H groups in total. The van der Waals surface area contributed by atoms with Gasteiger partial charge >= 0.3 is 0 Å². The fourth-order valence-electron chi connectivity index (χ4n) is 3.15. The number of hydrogen-bond acceptors (Lipinski definition) is 4. The van der Waals surface area contributed by atoms with Crippen LogP contribution in [0.25, 0.3) is 6.08 Å². The number of carbonyl (C=O) groups is 2. The van der Waals surface area contributed by atoms with E-state index < -0.39 is 5.91 Å². The van der Waals surface area contributed by atoms with Gasteiger partial charge < -0.3 is 9.80 Å². The Kier molecular flexibility index (Phi) is 5.57. The number of hydrogen-bond donors (Lipinski definition) is 2. The second-order valence-corrected chi connectivity index (χ2v) is 6.76. The summed E-state index contributed by atoms with van der Waals surface area (Å²) in [5, 5.41) is 8.56. The van der Waals surface area contributed by atoms with Crippen LogP contribution in [0.4, 0.5) is 5.69 Å². The third-order valence-electron chi connectivity index (χ3n) is 4.70. The maximum Gasteiger partial charge on any atom is 0.267 e. The molecule has 140 valence electrons. The third-order valence-corrected chi connectivity index (χ3v) is 4.70. The number of nitrogens with zero attached hydrogens (tertiary/aromatic N) is 2. The second kappa shape index (κ2) is 8.05. The Morgan fingerprint density at radius 2 is 1.85 bits per heavy atom. The predicted octanol–water partition coefficient (Wildman–Crippen LogP) is 2.47. The molecular weight excluding hydrogens is 342 g/mol. The number of amides is 2. The number of benzene rings is 2. The molecule has 0 atom stereocenters. The van der Waals surface area contributed by atoms with E-state index in [1.807, 2.05) is 66.4 Å². The summed E-state index contributed by atoms with van der Waals surface area (Å²) in [6.45, 7) is 1.22. The van der Waals surface area contributed by atoms with Gasteiger partial charge in [-0.25, -0.2) is 5.48 Å². The second-order valence-electron chi connectivity index (χ2n) is 6.76. The lowest BCUT2D eigenvalue weighted by Crippen LogP contribution is -2.36. The molecular formula is C21H23N3O3. The van der Waals surface area contributed by atoms with Crippen molar-refractivity contribution in [3.63, 3.8) is 0 Å². The van der Waals surface area contributed by atoms with Crippen molar-refractivity contribution in [2.24, 2.45) is 0 Å². The summed E-state index contributed by atoms with van der Waals surface area (Å²) >= 11 is 0. The van der Waals surface area contributed by atoms with E-state index >= 15 is 0 Å². The van der Waals surface area contributed by atoms with Crippen molar-refractivity contribution < 1.29 is 14.8 Å². The van der Waals surface area contributed by atoms with Crippen molar-refractivity contribution in [2.45, 2.75) is 13.0 Å². The fourth-order valence-corrected chi connectivity index (χ4v) is 3.15. The topological polar surface area (TPSA) is 72.9 Å². The number of carbonyl (C=O) groups excluding carboxylic acids is 2. The van der Waals surface area contributed by atoms with Gasteiger partial charge in [0.25, 0.3) is 11.8 Å². The van der Waals surface area contributed by atoms with Crippen LogP contribution in [-0.2, 0) is 17.8 Å². The van der Waals surface area contributed by atoms with Crippen LogP contribution in [0.2, 0.25) is 0 Å². The Morgan fingerprint density at radius 1 is 1.11 bits per heavy atom. The van der Waals surface area contributed by atoms with Crippen LogP contribution >= 0.6 is 0 Å². The maximum absolute atomic E-state index is 12.8. The normalized spacial score (nSPS) is 13.4. The van der Waals surface area contributed by atoms with Crippen molar-refractivity contribution >= 4 is 23.6 Å². The highest BCUT2D eigenvalue weighted by molar-refractivity contribution is 5.94. The van der Waals surface area contributed by atoms with Gasteiger partial charge in [-0.3, -0.25) is 14.8 Å². The molecule has 6 nitrogen and oxygen atoms in total. The van der Waals surface area contributed by atoms with Gasteiger partial charge in [0.2, 0.25) is 0 Å². The van der Waals surface area contributed by atoms with Crippen LogP contribution in [0, 0.1) is 0 Å². The Balaban J connectivity index is 1.75. The quantitative estimate of drug-likeness (QED) is 0.496. The zero-order valence-corrected chi connectivity index (χ0v) is 15.5. The first kappa shape index (κ1) is 18.7. The minimum atomic E-state index is -0.578. The molecule has 0 radical (unpaired) electrons. The standard InChI is InChI=1S/C21H23N3O3/c1-23(2)19-8-6-17(7-9-19)21(26)24-12-11-16-5-3-15(13-18(16)14-24)4-10-20(25)22-27/h3-10,13,27H,11-12,14H2,1-2H3,(H,22,25). The van der Waals surface area contributed by atoms with Gasteiger partial charge in [0.1, 0.15) is 0 Å². The predicted molar refractivity (Wildman–Crippen MR) is 105 cm³/mol. The molecule has 0 spiro atoms. The lowest BCUT2D eigenvalue weighted by atomic mass is 9.96. The molecule has 0 bridgehead atoms. The Labute approximate surface area is 158 Å². The average Bonchev–Trinajstić information content (AvgIpc) is 2.70. The smallest absolute Gasteiger partial charge is 0.267 e. The molecule has 1 heterocycles. The first-order chi connectivity index (χ1) is 13.0. The summed E-state index contributed by atoms with van der Waals surface area (Å²) in [7, 11) is 3.93. The zero-order valence-electron chi connectivity index (χ0n) is 15.5. The van der Waals surface area contributed by atoms with E-state index in [0.717, 1.165) is 23.2 Å². The van der Waals surface area contributed by atoms with Crippen molar-refractivity contribution in [2.75, 3.05) is 25.5 Å². The molecule has 0 aromatic heterocycles. The van der Waals surface area contributed by atoms with Gasteiger partial charge in [-0.05, 0) is 59.5 Å². The first-order valence-electron chi connectivity index (χ1n) is 8.78. The van der Waals surface area contributed by atoms with Gasteiger partial charge in [0, 0.05) is 44.5 Å². The van der Waals surface area contributed by atoms with Crippen LogP contribution < -0.4 is 10.4 Å². The average molecular weight is 365 g/mol. The van der Waals surface area contributed by atoms with Gasteiger partial charge in [0.15, 0.2) is 0 Å². The van der Waals surface area contributed by atoms with E-state index in [0.29, 0.717) is 18.7 Å². The molecule has 27 heavy (non-hydrogen) atoms. The summed E-state index contributed by atoms with van der Waals surface area (Å²) in [5.41, 5.74) is 6.44. The van der Waals surface area contributed by atoms with E-state index in [9.17, 15) is 9.59 Å². The number of rotatable bonds is 4. The molecule has 1 aliphatic rings. The van der Waals surface area contributed by atoms with E-state index in [1.165, 1.54) is 11.6 Å². The van der Waals surface area contributed by atoms with Crippen molar-refractivity contribution in [3.8, 4) is 0 Å². The molecule has 0 fully saturated rings. The highest BCUT2D eigenvalue weighted by Gasteiger charge is 2.22. The summed E-state index contributed by atoms with van der Waals surface area (Å²) in [5.74, 6) is -0.558. The minimum absolute atomic E-state index is 0.0200. The number of nitrogens with one attached hydrogen (secondary N) is 1. The summed E-state index contributed by atoms with van der Waals surface area (Å²) in [4.78, 5) is 27.8. The molecule has 0 saturated heterocycles. The number of hydroxylamine groups is 1. The maximum atomic E-state index is 12.8.